The fourth-order valence-corrected chi connectivity index (χ4v) is 3.71. The largest absolute Gasteiger partial charge is 0.333 e. The molecule has 6 nitrogen and oxygen atoms in total. The van der Waals surface area contributed by atoms with E-state index < -0.39 is 0 Å². The molecular weight excluding hydrogens is 409 g/mol. The highest BCUT2D eigenvalue weighted by molar-refractivity contribution is 6.06. The summed E-state index contributed by atoms with van der Waals surface area (Å²) < 4.78 is 1.85. The predicted molar refractivity (Wildman–Crippen MR) is 121 cm³/mol. The third kappa shape index (κ3) is 4.25. The van der Waals surface area contributed by atoms with Crippen molar-refractivity contribution in [1.82, 2.24) is 25.0 Å². The van der Waals surface area contributed by atoms with Crippen molar-refractivity contribution in [3.8, 4) is 11.3 Å². The zero-order valence-corrected chi connectivity index (χ0v) is 18.5. The standard InChI is InChI=1S/C21H25N5O.2ClH/c1-4-26-20-18(13-23-26)17(12-19(24-20)16-8-6-5-7-9-16)21(27)25-11-10-22-14(2)15(25)3;;/h5-9,12-15,22H,4,10-11H2,1-3H3;2*1H. The summed E-state index contributed by atoms with van der Waals surface area (Å²) in [7, 11) is 0. The molecule has 3 heterocycles. The lowest BCUT2D eigenvalue weighted by Crippen LogP contribution is -2.57. The van der Waals surface area contributed by atoms with E-state index in [1.54, 1.807) is 6.20 Å². The topological polar surface area (TPSA) is 63.1 Å². The van der Waals surface area contributed by atoms with Crippen LogP contribution in [0, 0.1) is 0 Å². The Balaban J connectivity index is 0.00000150. The number of rotatable bonds is 3. The Morgan fingerprint density at radius 2 is 1.93 bits per heavy atom. The molecule has 0 saturated carbocycles. The summed E-state index contributed by atoms with van der Waals surface area (Å²) >= 11 is 0. The van der Waals surface area contributed by atoms with Crippen molar-refractivity contribution in [2.24, 2.45) is 0 Å². The molecule has 29 heavy (non-hydrogen) atoms. The molecule has 0 bridgehead atoms. The van der Waals surface area contributed by atoms with Gasteiger partial charge in [0.25, 0.3) is 5.91 Å². The third-order valence-corrected chi connectivity index (χ3v) is 5.50. The van der Waals surface area contributed by atoms with E-state index in [1.807, 2.05) is 52.9 Å². The SMILES string of the molecule is CCn1ncc2c(C(=O)N3CCNC(C)C3C)cc(-c3ccccc3)nc21.Cl.Cl. The normalized spacial score (nSPS) is 18.8. The Morgan fingerprint density at radius 3 is 2.62 bits per heavy atom. The highest BCUT2D eigenvalue weighted by Crippen LogP contribution is 2.27. The monoisotopic (exact) mass is 435 g/mol. The van der Waals surface area contributed by atoms with E-state index in [-0.39, 0.29) is 42.8 Å². The first-order valence-corrected chi connectivity index (χ1v) is 9.56. The van der Waals surface area contributed by atoms with Gasteiger partial charge in [-0.05, 0) is 26.8 Å². The molecule has 1 N–H and O–H groups in total. The number of fused-ring (bicyclic) bond motifs is 1. The Hall–Kier alpha value is -2.15. The van der Waals surface area contributed by atoms with Gasteiger partial charge in [-0.1, -0.05) is 30.3 Å². The van der Waals surface area contributed by atoms with Crippen LogP contribution in [0.1, 0.15) is 31.1 Å². The van der Waals surface area contributed by atoms with Crippen LogP contribution in [0.25, 0.3) is 22.3 Å². The summed E-state index contributed by atoms with van der Waals surface area (Å²) in [6.45, 7) is 8.48. The number of carbonyl (C=O) groups is 1. The lowest BCUT2D eigenvalue weighted by Gasteiger charge is -2.38. The maximum atomic E-state index is 13.5. The first-order valence-electron chi connectivity index (χ1n) is 9.56. The van der Waals surface area contributed by atoms with Crippen LogP contribution in [0.2, 0.25) is 0 Å². The van der Waals surface area contributed by atoms with Crippen molar-refractivity contribution in [2.45, 2.75) is 39.4 Å². The highest BCUT2D eigenvalue weighted by atomic mass is 35.5. The fourth-order valence-electron chi connectivity index (χ4n) is 3.71. The highest BCUT2D eigenvalue weighted by Gasteiger charge is 2.30. The number of carbonyl (C=O) groups excluding carboxylic acids is 1. The second-order valence-electron chi connectivity index (χ2n) is 7.10. The number of halogens is 2. The molecule has 1 aliphatic rings. The molecule has 0 radical (unpaired) electrons. The first-order chi connectivity index (χ1) is 13.1. The van der Waals surface area contributed by atoms with Gasteiger partial charge in [-0.15, -0.1) is 24.8 Å². The summed E-state index contributed by atoms with van der Waals surface area (Å²) in [5.74, 6) is 0.0519. The molecule has 1 fully saturated rings. The molecule has 1 amide bonds. The van der Waals surface area contributed by atoms with Crippen LogP contribution in [-0.4, -0.2) is 50.7 Å². The zero-order chi connectivity index (χ0) is 19.0. The molecule has 3 aromatic rings. The Morgan fingerprint density at radius 1 is 1.21 bits per heavy atom. The molecule has 156 valence electrons. The van der Waals surface area contributed by atoms with E-state index in [4.69, 9.17) is 4.98 Å². The zero-order valence-electron chi connectivity index (χ0n) is 16.8. The lowest BCUT2D eigenvalue weighted by molar-refractivity contribution is 0.0605. The molecule has 2 aromatic heterocycles. The van der Waals surface area contributed by atoms with Gasteiger partial charge in [-0.2, -0.15) is 5.10 Å². The smallest absolute Gasteiger partial charge is 0.255 e. The van der Waals surface area contributed by atoms with Crippen LogP contribution in [0.15, 0.2) is 42.6 Å². The number of hydrogen-bond acceptors (Lipinski definition) is 4. The average Bonchev–Trinajstić information content (AvgIpc) is 3.12. The molecule has 8 heteroatoms. The molecule has 1 aliphatic heterocycles. The van der Waals surface area contributed by atoms with Gasteiger partial charge >= 0.3 is 0 Å². The average molecular weight is 436 g/mol. The van der Waals surface area contributed by atoms with E-state index in [1.165, 1.54) is 0 Å². The molecule has 0 spiro atoms. The molecule has 2 unspecified atom stereocenters. The lowest BCUT2D eigenvalue weighted by atomic mass is 10.0. The van der Waals surface area contributed by atoms with Crippen molar-refractivity contribution < 1.29 is 4.79 Å². The predicted octanol–water partition coefficient (Wildman–Crippen LogP) is 3.78. The first kappa shape index (κ1) is 23.1. The van der Waals surface area contributed by atoms with Crippen molar-refractivity contribution in [2.75, 3.05) is 13.1 Å². The summed E-state index contributed by atoms with van der Waals surface area (Å²) in [5.41, 5.74) is 3.24. The van der Waals surface area contributed by atoms with Gasteiger partial charge in [0.05, 0.1) is 22.8 Å². The van der Waals surface area contributed by atoms with Crippen LogP contribution in [0.3, 0.4) is 0 Å². The molecule has 4 rings (SSSR count). The van der Waals surface area contributed by atoms with Gasteiger partial charge in [-0.3, -0.25) is 4.79 Å². The number of nitrogens with zero attached hydrogens (tertiary/aromatic N) is 4. The molecule has 1 saturated heterocycles. The van der Waals surface area contributed by atoms with E-state index >= 15 is 0 Å². The second-order valence-corrected chi connectivity index (χ2v) is 7.10. The Bertz CT molecular complexity index is 976. The van der Waals surface area contributed by atoms with E-state index in [2.05, 4.69) is 24.3 Å². The summed E-state index contributed by atoms with van der Waals surface area (Å²) in [4.78, 5) is 20.3. The van der Waals surface area contributed by atoms with Gasteiger partial charge in [0, 0.05) is 37.3 Å². The van der Waals surface area contributed by atoms with Crippen LogP contribution in [-0.2, 0) is 6.54 Å². The number of hydrogen-bond donors (Lipinski definition) is 1. The minimum Gasteiger partial charge on any atom is -0.333 e. The van der Waals surface area contributed by atoms with Crippen molar-refractivity contribution in [3.63, 3.8) is 0 Å². The molecular formula is C21H27Cl2N5O. The van der Waals surface area contributed by atoms with E-state index in [9.17, 15) is 4.79 Å². The van der Waals surface area contributed by atoms with Crippen LogP contribution >= 0.6 is 24.8 Å². The summed E-state index contributed by atoms with van der Waals surface area (Å²) in [6.07, 6.45) is 1.77. The third-order valence-electron chi connectivity index (χ3n) is 5.50. The van der Waals surface area contributed by atoms with Crippen molar-refractivity contribution in [1.29, 1.82) is 0 Å². The van der Waals surface area contributed by atoms with Gasteiger partial charge in [-0.25, -0.2) is 9.67 Å². The maximum Gasteiger partial charge on any atom is 0.255 e. The quantitative estimate of drug-likeness (QED) is 0.679. The molecule has 2 atom stereocenters. The number of aryl methyl sites for hydroxylation is 1. The number of nitrogens with one attached hydrogen (secondary N) is 1. The van der Waals surface area contributed by atoms with Crippen LogP contribution in [0.4, 0.5) is 0 Å². The Labute approximate surface area is 183 Å². The number of aromatic nitrogens is 3. The van der Waals surface area contributed by atoms with E-state index in [0.717, 1.165) is 28.8 Å². The summed E-state index contributed by atoms with van der Waals surface area (Å²) in [6, 6.07) is 12.3. The van der Waals surface area contributed by atoms with Gasteiger partial charge < -0.3 is 10.2 Å². The molecule has 1 aromatic carbocycles. The minimum absolute atomic E-state index is 0. The van der Waals surface area contributed by atoms with Crippen molar-refractivity contribution in [3.05, 3.63) is 48.2 Å². The van der Waals surface area contributed by atoms with Crippen LogP contribution < -0.4 is 5.32 Å². The minimum atomic E-state index is 0. The second kappa shape index (κ2) is 9.57. The maximum absolute atomic E-state index is 13.5. The number of piperazine rings is 1. The molecule has 0 aliphatic carbocycles. The number of benzene rings is 1. The number of amides is 1. The van der Waals surface area contributed by atoms with Gasteiger partial charge in [0.15, 0.2) is 5.65 Å². The number of pyridine rings is 1. The van der Waals surface area contributed by atoms with E-state index in [0.29, 0.717) is 18.7 Å². The summed E-state index contributed by atoms with van der Waals surface area (Å²) in [5, 5.41) is 8.69. The fraction of sp³-hybridized carbons (Fsp3) is 0.381. The van der Waals surface area contributed by atoms with Gasteiger partial charge in [0.1, 0.15) is 0 Å². The Kier molecular flexibility index (Phi) is 7.63. The van der Waals surface area contributed by atoms with Crippen LogP contribution in [0.5, 0.6) is 0 Å². The van der Waals surface area contributed by atoms with Crippen molar-refractivity contribution >= 4 is 41.8 Å². The van der Waals surface area contributed by atoms with Gasteiger partial charge in [0.2, 0.25) is 0 Å².